The number of aromatic hydroxyl groups is 4. The maximum Gasteiger partial charge on any atom is 0.235 e. The Labute approximate surface area is 181 Å². The summed E-state index contributed by atoms with van der Waals surface area (Å²) in [4.78, 5) is 12.6. The zero-order valence-electron chi connectivity index (χ0n) is 17.9. The Hall–Kier alpha value is -3.15. The van der Waals surface area contributed by atoms with Crippen LogP contribution in [0, 0.1) is 0 Å². The topological polar surface area (TPSA) is 111 Å². The second-order valence-electron chi connectivity index (χ2n) is 8.03. The van der Waals surface area contributed by atoms with Gasteiger partial charge < -0.3 is 24.8 Å². The molecule has 0 bridgehead atoms. The Morgan fingerprint density at radius 2 is 1.48 bits per heavy atom. The van der Waals surface area contributed by atoms with E-state index in [0.717, 1.165) is 37.0 Å². The number of rotatable bonds is 10. The van der Waals surface area contributed by atoms with Crippen molar-refractivity contribution in [2.45, 2.75) is 64.7 Å². The molecule has 3 aromatic rings. The first-order chi connectivity index (χ1) is 14.9. The van der Waals surface area contributed by atoms with E-state index in [1.54, 1.807) is 12.1 Å². The molecule has 1 aromatic heterocycles. The minimum absolute atomic E-state index is 0.164. The zero-order valence-corrected chi connectivity index (χ0v) is 17.9. The smallest absolute Gasteiger partial charge is 0.235 e. The van der Waals surface area contributed by atoms with Crippen LogP contribution in [0.15, 0.2) is 39.5 Å². The first kappa shape index (κ1) is 22.5. The number of unbranched alkanes of at least 4 members (excludes halogenated alkanes) is 7. The van der Waals surface area contributed by atoms with E-state index < -0.39 is 22.7 Å². The predicted octanol–water partition coefficient (Wildman–Crippen LogP) is 5.97. The van der Waals surface area contributed by atoms with Gasteiger partial charge in [-0.2, -0.15) is 0 Å². The van der Waals surface area contributed by atoms with Crippen molar-refractivity contribution in [1.82, 2.24) is 0 Å². The lowest BCUT2D eigenvalue weighted by Crippen LogP contribution is -2.03. The van der Waals surface area contributed by atoms with E-state index in [1.807, 2.05) is 6.07 Å². The average molecular weight is 427 g/mol. The standard InChI is InChI=1S/C25H30O6/c1-2-3-4-5-6-7-8-9-10-16-11-12-18-21(13-16)31-25(24(30)23(18)29)19-14-17(26)15-20(27)22(19)28/h11-15,26-28,30H,2-10H2,1H3. The van der Waals surface area contributed by atoms with Crippen molar-refractivity contribution < 1.29 is 24.8 Å². The molecule has 0 fully saturated rings. The number of benzene rings is 2. The third-order valence-corrected chi connectivity index (χ3v) is 5.57. The molecule has 0 spiro atoms. The fraction of sp³-hybridized carbons (Fsp3) is 0.400. The Bertz CT molecular complexity index is 1100. The van der Waals surface area contributed by atoms with Crippen molar-refractivity contribution in [2.75, 3.05) is 0 Å². The molecule has 3 rings (SSSR count). The van der Waals surface area contributed by atoms with Crippen LogP contribution in [-0.2, 0) is 6.42 Å². The normalized spacial score (nSPS) is 11.3. The minimum Gasteiger partial charge on any atom is -0.508 e. The lowest BCUT2D eigenvalue weighted by atomic mass is 10.0. The molecular formula is C25H30O6. The summed E-state index contributed by atoms with van der Waals surface area (Å²) in [6.07, 6.45) is 10.7. The summed E-state index contributed by atoms with van der Waals surface area (Å²) in [5, 5.41) is 40.1. The molecule has 0 aliphatic rings. The first-order valence-electron chi connectivity index (χ1n) is 11.0. The van der Waals surface area contributed by atoms with Gasteiger partial charge in [-0.1, -0.05) is 57.9 Å². The second kappa shape index (κ2) is 10.2. The largest absolute Gasteiger partial charge is 0.508 e. The van der Waals surface area contributed by atoms with Gasteiger partial charge in [-0.25, -0.2) is 0 Å². The number of aryl methyl sites for hydroxylation is 1. The van der Waals surface area contributed by atoms with Crippen LogP contribution >= 0.6 is 0 Å². The molecule has 1 heterocycles. The van der Waals surface area contributed by atoms with E-state index in [2.05, 4.69) is 6.92 Å². The number of fused-ring (bicyclic) bond motifs is 1. The van der Waals surface area contributed by atoms with E-state index in [9.17, 15) is 25.2 Å². The highest BCUT2D eigenvalue weighted by molar-refractivity contribution is 5.84. The molecular weight excluding hydrogens is 396 g/mol. The highest BCUT2D eigenvalue weighted by atomic mass is 16.4. The second-order valence-corrected chi connectivity index (χ2v) is 8.03. The molecule has 0 atom stereocenters. The molecule has 0 saturated heterocycles. The quantitative estimate of drug-likeness (QED) is 0.181. The van der Waals surface area contributed by atoms with Crippen molar-refractivity contribution in [3.05, 3.63) is 46.1 Å². The van der Waals surface area contributed by atoms with Crippen LogP contribution in [0.3, 0.4) is 0 Å². The van der Waals surface area contributed by atoms with Gasteiger partial charge in [0, 0.05) is 6.07 Å². The van der Waals surface area contributed by atoms with E-state index >= 15 is 0 Å². The number of hydrogen-bond acceptors (Lipinski definition) is 6. The molecule has 6 nitrogen and oxygen atoms in total. The molecule has 0 aliphatic carbocycles. The van der Waals surface area contributed by atoms with Crippen molar-refractivity contribution in [2.24, 2.45) is 0 Å². The molecule has 166 valence electrons. The van der Waals surface area contributed by atoms with Gasteiger partial charge in [0.1, 0.15) is 11.3 Å². The zero-order chi connectivity index (χ0) is 22.4. The maximum atomic E-state index is 12.6. The van der Waals surface area contributed by atoms with Gasteiger partial charge in [-0.3, -0.25) is 4.79 Å². The van der Waals surface area contributed by atoms with Crippen molar-refractivity contribution >= 4 is 11.0 Å². The highest BCUT2D eigenvalue weighted by Crippen LogP contribution is 2.42. The van der Waals surface area contributed by atoms with Gasteiger partial charge >= 0.3 is 0 Å². The maximum absolute atomic E-state index is 12.6. The molecule has 0 radical (unpaired) electrons. The lowest BCUT2D eigenvalue weighted by Gasteiger charge is -2.10. The number of hydrogen-bond donors (Lipinski definition) is 4. The van der Waals surface area contributed by atoms with E-state index in [1.165, 1.54) is 38.5 Å². The van der Waals surface area contributed by atoms with Crippen LogP contribution in [-0.4, -0.2) is 20.4 Å². The average Bonchev–Trinajstić information content (AvgIpc) is 2.75. The Morgan fingerprint density at radius 3 is 2.19 bits per heavy atom. The van der Waals surface area contributed by atoms with Gasteiger partial charge in [0.15, 0.2) is 17.3 Å². The summed E-state index contributed by atoms with van der Waals surface area (Å²) >= 11 is 0. The fourth-order valence-corrected chi connectivity index (χ4v) is 3.81. The first-order valence-corrected chi connectivity index (χ1v) is 11.0. The molecule has 6 heteroatoms. The van der Waals surface area contributed by atoms with Crippen LogP contribution in [0.5, 0.6) is 23.0 Å². The Balaban J connectivity index is 1.78. The highest BCUT2D eigenvalue weighted by Gasteiger charge is 2.21. The minimum atomic E-state index is -0.691. The molecule has 0 aliphatic heterocycles. The van der Waals surface area contributed by atoms with Crippen LogP contribution < -0.4 is 5.43 Å². The van der Waals surface area contributed by atoms with E-state index in [4.69, 9.17) is 4.42 Å². The Morgan fingerprint density at radius 1 is 0.806 bits per heavy atom. The molecule has 0 saturated carbocycles. The van der Waals surface area contributed by atoms with Crippen LogP contribution in [0.1, 0.15) is 63.9 Å². The molecule has 2 aromatic carbocycles. The summed E-state index contributed by atoms with van der Waals surface area (Å²) < 4.78 is 5.74. The number of phenols is 3. The summed E-state index contributed by atoms with van der Waals surface area (Å²) in [7, 11) is 0. The molecule has 0 unspecified atom stereocenters. The predicted molar refractivity (Wildman–Crippen MR) is 121 cm³/mol. The van der Waals surface area contributed by atoms with Gasteiger partial charge in [-0.05, 0) is 36.6 Å². The molecule has 4 N–H and O–H groups in total. The van der Waals surface area contributed by atoms with Crippen LogP contribution in [0.2, 0.25) is 0 Å². The van der Waals surface area contributed by atoms with Gasteiger partial charge in [0.05, 0.1) is 10.9 Å². The van der Waals surface area contributed by atoms with Crippen molar-refractivity contribution in [3.63, 3.8) is 0 Å². The van der Waals surface area contributed by atoms with Crippen LogP contribution in [0.25, 0.3) is 22.3 Å². The van der Waals surface area contributed by atoms with Crippen molar-refractivity contribution in [3.8, 4) is 34.3 Å². The van der Waals surface area contributed by atoms with E-state index in [-0.39, 0.29) is 28.0 Å². The van der Waals surface area contributed by atoms with Gasteiger partial charge in [-0.15, -0.1) is 0 Å². The summed E-state index contributed by atoms with van der Waals surface area (Å²) in [5.74, 6) is -2.50. The third-order valence-electron chi connectivity index (χ3n) is 5.57. The van der Waals surface area contributed by atoms with Gasteiger partial charge in [0.2, 0.25) is 11.2 Å². The third kappa shape index (κ3) is 5.32. The summed E-state index contributed by atoms with van der Waals surface area (Å²) in [5.41, 5.74) is 0.484. The number of phenolic OH excluding ortho intramolecular Hbond substituents is 3. The molecule has 0 amide bonds. The van der Waals surface area contributed by atoms with Gasteiger partial charge in [0.25, 0.3) is 0 Å². The molecule has 31 heavy (non-hydrogen) atoms. The van der Waals surface area contributed by atoms with Crippen molar-refractivity contribution in [1.29, 1.82) is 0 Å². The fourth-order valence-electron chi connectivity index (χ4n) is 3.81. The summed E-state index contributed by atoms with van der Waals surface area (Å²) in [6.45, 7) is 2.21. The van der Waals surface area contributed by atoms with Crippen LogP contribution in [0.4, 0.5) is 0 Å². The van der Waals surface area contributed by atoms with E-state index in [0.29, 0.717) is 0 Å². The Kier molecular flexibility index (Phi) is 7.45. The SMILES string of the molecule is CCCCCCCCCCc1ccc2c(=O)c(O)c(-c3cc(O)cc(O)c3O)oc2c1. The summed E-state index contributed by atoms with van der Waals surface area (Å²) in [6, 6.07) is 7.32. The lowest BCUT2D eigenvalue weighted by molar-refractivity contribution is 0.395. The monoisotopic (exact) mass is 426 g/mol.